The smallest absolute Gasteiger partial charge is 0.308 e. The average molecular weight is 255 g/mol. The van der Waals surface area contributed by atoms with Gasteiger partial charge in [-0.3, -0.25) is 9.59 Å². The van der Waals surface area contributed by atoms with Gasteiger partial charge in [-0.15, -0.1) is 0 Å². The normalized spacial score (nSPS) is 28.5. The fourth-order valence-electron chi connectivity index (χ4n) is 2.90. The number of unbranched alkanes of at least 4 members (excludes halogenated alkanes) is 3. The van der Waals surface area contributed by atoms with Crippen LogP contribution in [0, 0.1) is 11.8 Å². The SMILES string of the molecule is CCCCCCN1C(=O)CC(C)C(C(=O)O)C1C. The van der Waals surface area contributed by atoms with Crippen molar-refractivity contribution in [3.63, 3.8) is 0 Å². The molecule has 1 heterocycles. The second-order valence-corrected chi connectivity index (χ2v) is 5.43. The van der Waals surface area contributed by atoms with Crippen LogP contribution in [0.4, 0.5) is 0 Å². The van der Waals surface area contributed by atoms with Crippen molar-refractivity contribution < 1.29 is 14.7 Å². The molecule has 1 N–H and O–H groups in total. The monoisotopic (exact) mass is 255 g/mol. The number of amides is 1. The van der Waals surface area contributed by atoms with Gasteiger partial charge >= 0.3 is 5.97 Å². The quantitative estimate of drug-likeness (QED) is 0.742. The molecule has 4 heteroatoms. The minimum Gasteiger partial charge on any atom is -0.481 e. The lowest BCUT2D eigenvalue weighted by atomic mass is 9.81. The van der Waals surface area contributed by atoms with E-state index in [0.29, 0.717) is 13.0 Å². The first-order valence-electron chi connectivity index (χ1n) is 7.01. The highest BCUT2D eigenvalue weighted by atomic mass is 16.4. The molecule has 1 aliphatic rings. The van der Waals surface area contributed by atoms with Crippen molar-refractivity contribution >= 4 is 11.9 Å². The summed E-state index contributed by atoms with van der Waals surface area (Å²) in [6, 6.07) is -0.180. The van der Waals surface area contributed by atoms with Crippen LogP contribution in [0.3, 0.4) is 0 Å². The standard InChI is InChI=1S/C14H25NO3/c1-4-5-6-7-8-15-11(3)13(14(17)18)10(2)9-12(15)16/h10-11,13H,4-9H2,1-3H3,(H,17,18). The van der Waals surface area contributed by atoms with Crippen molar-refractivity contribution in [2.75, 3.05) is 6.54 Å². The van der Waals surface area contributed by atoms with E-state index < -0.39 is 11.9 Å². The lowest BCUT2D eigenvalue weighted by molar-refractivity contribution is -0.154. The number of carboxylic acid groups (broad SMARTS) is 1. The summed E-state index contributed by atoms with van der Waals surface area (Å²) in [7, 11) is 0. The average Bonchev–Trinajstić information content (AvgIpc) is 2.26. The lowest BCUT2D eigenvalue weighted by Crippen LogP contribution is -2.52. The lowest BCUT2D eigenvalue weighted by Gasteiger charge is -2.40. The van der Waals surface area contributed by atoms with E-state index in [1.807, 2.05) is 13.8 Å². The molecule has 0 aromatic heterocycles. The molecule has 0 saturated carbocycles. The van der Waals surface area contributed by atoms with Gasteiger partial charge in [-0.25, -0.2) is 0 Å². The van der Waals surface area contributed by atoms with Gasteiger partial charge < -0.3 is 10.0 Å². The summed E-state index contributed by atoms with van der Waals surface area (Å²) < 4.78 is 0. The predicted octanol–water partition coefficient (Wildman–Crippen LogP) is 2.52. The number of hydrogen-bond donors (Lipinski definition) is 1. The van der Waals surface area contributed by atoms with E-state index in [-0.39, 0.29) is 17.9 Å². The summed E-state index contributed by atoms with van der Waals surface area (Å²) in [6.07, 6.45) is 4.80. The van der Waals surface area contributed by atoms with Crippen LogP contribution >= 0.6 is 0 Å². The van der Waals surface area contributed by atoms with E-state index in [0.717, 1.165) is 19.3 Å². The minimum atomic E-state index is -0.777. The topological polar surface area (TPSA) is 57.6 Å². The van der Waals surface area contributed by atoms with Gasteiger partial charge in [0, 0.05) is 19.0 Å². The van der Waals surface area contributed by atoms with E-state index >= 15 is 0 Å². The molecule has 4 nitrogen and oxygen atoms in total. The molecule has 1 fully saturated rings. The molecule has 104 valence electrons. The van der Waals surface area contributed by atoms with Gasteiger partial charge in [0.15, 0.2) is 0 Å². The van der Waals surface area contributed by atoms with Crippen molar-refractivity contribution in [2.24, 2.45) is 11.8 Å². The van der Waals surface area contributed by atoms with E-state index in [2.05, 4.69) is 6.92 Å². The minimum absolute atomic E-state index is 0.0584. The van der Waals surface area contributed by atoms with Crippen LogP contribution in [0.15, 0.2) is 0 Å². The highest BCUT2D eigenvalue weighted by Crippen LogP contribution is 2.30. The Hall–Kier alpha value is -1.06. The summed E-state index contributed by atoms with van der Waals surface area (Å²) in [6.45, 7) is 6.58. The number of carbonyl (C=O) groups excluding carboxylic acids is 1. The maximum Gasteiger partial charge on any atom is 0.308 e. The molecule has 0 aliphatic carbocycles. The maximum atomic E-state index is 12.0. The van der Waals surface area contributed by atoms with Gasteiger partial charge in [0.05, 0.1) is 5.92 Å². The summed E-state index contributed by atoms with van der Waals surface area (Å²) >= 11 is 0. The summed E-state index contributed by atoms with van der Waals surface area (Å²) in [4.78, 5) is 25.0. The van der Waals surface area contributed by atoms with Crippen molar-refractivity contribution in [2.45, 2.75) is 58.9 Å². The molecule has 0 radical (unpaired) electrons. The Kier molecular flexibility index (Phi) is 5.63. The molecule has 0 spiro atoms. The number of rotatable bonds is 6. The van der Waals surface area contributed by atoms with Crippen molar-refractivity contribution in [3.05, 3.63) is 0 Å². The van der Waals surface area contributed by atoms with Crippen molar-refractivity contribution in [1.82, 2.24) is 4.90 Å². The fraction of sp³-hybridized carbons (Fsp3) is 0.857. The fourth-order valence-corrected chi connectivity index (χ4v) is 2.90. The third kappa shape index (κ3) is 3.47. The predicted molar refractivity (Wildman–Crippen MR) is 70.2 cm³/mol. The van der Waals surface area contributed by atoms with E-state index in [1.165, 1.54) is 6.42 Å². The highest BCUT2D eigenvalue weighted by molar-refractivity contribution is 5.81. The molecule has 0 aromatic carbocycles. The Morgan fingerprint density at radius 3 is 2.56 bits per heavy atom. The number of likely N-dealkylation sites (tertiary alicyclic amines) is 1. The second-order valence-electron chi connectivity index (χ2n) is 5.43. The van der Waals surface area contributed by atoms with E-state index in [1.54, 1.807) is 4.90 Å². The molecular weight excluding hydrogens is 230 g/mol. The Morgan fingerprint density at radius 1 is 1.33 bits per heavy atom. The molecule has 1 amide bonds. The molecular formula is C14H25NO3. The van der Waals surface area contributed by atoms with Gasteiger partial charge in [-0.1, -0.05) is 33.1 Å². The number of piperidine rings is 1. The van der Waals surface area contributed by atoms with Gasteiger partial charge in [-0.2, -0.15) is 0 Å². The third-order valence-corrected chi connectivity index (χ3v) is 3.98. The Labute approximate surface area is 109 Å². The van der Waals surface area contributed by atoms with Gasteiger partial charge in [0.1, 0.15) is 0 Å². The van der Waals surface area contributed by atoms with Crippen LogP contribution in [0.1, 0.15) is 52.9 Å². The first-order chi connectivity index (χ1) is 8.49. The van der Waals surface area contributed by atoms with Crippen molar-refractivity contribution in [1.29, 1.82) is 0 Å². The Morgan fingerprint density at radius 2 is 2.00 bits per heavy atom. The molecule has 1 saturated heterocycles. The van der Waals surface area contributed by atoms with Crippen molar-refractivity contribution in [3.8, 4) is 0 Å². The van der Waals surface area contributed by atoms with E-state index in [9.17, 15) is 14.7 Å². The first-order valence-corrected chi connectivity index (χ1v) is 7.01. The third-order valence-electron chi connectivity index (χ3n) is 3.98. The molecule has 1 rings (SSSR count). The van der Waals surface area contributed by atoms with Crippen LogP contribution in [-0.4, -0.2) is 34.5 Å². The van der Waals surface area contributed by atoms with Crippen LogP contribution in [0.5, 0.6) is 0 Å². The molecule has 3 unspecified atom stereocenters. The molecule has 18 heavy (non-hydrogen) atoms. The number of nitrogens with zero attached hydrogens (tertiary/aromatic N) is 1. The van der Waals surface area contributed by atoms with E-state index in [4.69, 9.17) is 0 Å². The van der Waals surface area contributed by atoms with Crippen LogP contribution in [-0.2, 0) is 9.59 Å². The van der Waals surface area contributed by atoms with Gasteiger partial charge in [-0.05, 0) is 19.3 Å². The highest BCUT2D eigenvalue weighted by Gasteiger charge is 2.41. The van der Waals surface area contributed by atoms with Crippen LogP contribution in [0.2, 0.25) is 0 Å². The Bertz CT molecular complexity index is 303. The summed E-state index contributed by atoms with van der Waals surface area (Å²) in [5, 5.41) is 9.25. The summed E-state index contributed by atoms with van der Waals surface area (Å²) in [5.41, 5.74) is 0. The van der Waals surface area contributed by atoms with Gasteiger partial charge in [0.25, 0.3) is 0 Å². The second kappa shape index (κ2) is 6.76. The number of carboxylic acids is 1. The zero-order valence-electron chi connectivity index (χ0n) is 11.7. The summed E-state index contributed by atoms with van der Waals surface area (Å²) in [5.74, 6) is -1.14. The number of hydrogen-bond acceptors (Lipinski definition) is 2. The number of carbonyl (C=O) groups is 2. The zero-order valence-corrected chi connectivity index (χ0v) is 11.7. The maximum absolute atomic E-state index is 12.0. The van der Waals surface area contributed by atoms with Crippen LogP contribution in [0.25, 0.3) is 0 Å². The largest absolute Gasteiger partial charge is 0.481 e. The first kappa shape index (κ1) is 15.0. The molecule has 0 bridgehead atoms. The zero-order chi connectivity index (χ0) is 13.7. The molecule has 0 aromatic rings. The van der Waals surface area contributed by atoms with Crippen LogP contribution < -0.4 is 0 Å². The molecule has 1 aliphatic heterocycles. The van der Waals surface area contributed by atoms with Gasteiger partial charge in [0.2, 0.25) is 5.91 Å². The number of aliphatic carboxylic acids is 1. The molecule has 3 atom stereocenters. The Balaban J connectivity index is 2.59.